The maximum Gasteiger partial charge on any atom is 0.371 e. The summed E-state index contributed by atoms with van der Waals surface area (Å²) in [6, 6.07) is 8.20. The summed E-state index contributed by atoms with van der Waals surface area (Å²) in [6.07, 6.45) is 0. The Morgan fingerprint density at radius 1 is 1.00 bits per heavy atom. The van der Waals surface area contributed by atoms with E-state index in [9.17, 15) is 9.59 Å². The first-order valence-electron chi connectivity index (χ1n) is 5.44. The smallest absolute Gasteiger partial charge is 0.371 e. The summed E-state index contributed by atoms with van der Waals surface area (Å²) < 4.78 is 5.02. The topological polar surface area (TPSA) is 67.5 Å². The number of carboxylic acids is 1. The van der Waals surface area contributed by atoms with Crippen LogP contribution in [0.4, 0.5) is 0 Å². The van der Waals surface area contributed by atoms with E-state index >= 15 is 0 Å². The van der Waals surface area contributed by atoms with Crippen molar-refractivity contribution in [3.05, 3.63) is 58.5 Å². The monoisotopic (exact) mass is 244 g/mol. The largest absolute Gasteiger partial charge is 0.475 e. The molecule has 0 aliphatic carbocycles. The van der Waals surface area contributed by atoms with Crippen LogP contribution in [0.15, 0.2) is 34.7 Å². The van der Waals surface area contributed by atoms with E-state index in [0.717, 1.165) is 11.1 Å². The molecule has 18 heavy (non-hydrogen) atoms. The Balaban J connectivity index is 2.45. The summed E-state index contributed by atoms with van der Waals surface area (Å²) in [5.41, 5.74) is 2.24. The highest BCUT2D eigenvalue weighted by Crippen LogP contribution is 2.19. The Bertz CT molecular complexity index is 602. The molecule has 2 aromatic rings. The van der Waals surface area contributed by atoms with Crippen LogP contribution in [0.2, 0.25) is 0 Å². The third kappa shape index (κ3) is 2.05. The first-order valence-corrected chi connectivity index (χ1v) is 5.44. The molecule has 0 amide bonds. The zero-order valence-electron chi connectivity index (χ0n) is 10.1. The lowest BCUT2D eigenvalue weighted by Crippen LogP contribution is -2.05. The molecule has 1 aromatic carbocycles. The van der Waals surface area contributed by atoms with Gasteiger partial charge in [0.1, 0.15) is 0 Å². The minimum absolute atomic E-state index is 0.0461. The number of carbonyl (C=O) groups excluding carboxylic acids is 1. The first kappa shape index (κ1) is 12.1. The van der Waals surface area contributed by atoms with E-state index in [2.05, 4.69) is 0 Å². The molecule has 0 unspecified atom stereocenters. The molecule has 92 valence electrons. The zero-order valence-corrected chi connectivity index (χ0v) is 10.1. The predicted octanol–water partition coefficient (Wildman–Crippen LogP) is 2.83. The van der Waals surface area contributed by atoms with Gasteiger partial charge in [-0.3, -0.25) is 4.79 Å². The van der Waals surface area contributed by atoms with Gasteiger partial charge in [0.2, 0.25) is 11.5 Å². The molecule has 0 spiro atoms. The van der Waals surface area contributed by atoms with Crippen molar-refractivity contribution >= 4 is 11.8 Å². The van der Waals surface area contributed by atoms with Gasteiger partial charge < -0.3 is 9.52 Å². The van der Waals surface area contributed by atoms with Crippen LogP contribution in [0.25, 0.3) is 0 Å². The van der Waals surface area contributed by atoms with Crippen molar-refractivity contribution in [2.75, 3.05) is 0 Å². The normalized spacial score (nSPS) is 10.3. The number of furan rings is 1. The number of hydrogen-bond donors (Lipinski definition) is 1. The first-order chi connectivity index (χ1) is 8.50. The van der Waals surface area contributed by atoms with E-state index in [4.69, 9.17) is 9.52 Å². The van der Waals surface area contributed by atoms with Gasteiger partial charge in [0, 0.05) is 5.56 Å². The van der Waals surface area contributed by atoms with Gasteiger partial charge >= 0.3 is 5.97 Å². The van der Waals surface area contributed by atoms with Crippen LogP contribution in [0.3, 0.4) is 0 Å². The van der Waals surface area contributed by atoms with E-state index in [-0.39, 0.29) is 17.3 Å². The third-order valence-electron chi connectivity index (χ3n) is 2.75. The van der Waals surface area contributed by atoms with Gasteiger partial charge in [-0.15, -0.1) is 0 Å². The molecule has 1 aromatic heterocycles. The van der Waals surface area contributed by atoms with Crippen LogP contribution in [0, 0.1) is 13.8 Å². The molecule has 0 atom stereocenters. The average molecular weight is 244 g/mol. The number of aromatic carboxylic acids is 1. The second-order valence-corrected chi connectivity index (χ2v) is 4.06. The molecule has 1 N–H and O–H groups in total. The third-order valence-corrected chi connectivity index (χ3v) is 2.75. The van der Waals surface area contributed by atoms with E-state index in [1.807, 2.05) is 32.0 Å². The van der Waals surface area contributed by atoms with Crippen LogP contribution in [0.1, 0.15) is 37.8 Å². The minimum atomic E-state index is -1.18. The predicted molar refractivity (Wildman–Crippen MR) is 65.0 cm³/mol. The van der Waals surface area contributed by atoms with Crippen molar-refractivity contribution in [2.24, 2.45) is 0 Å². The number of carbonyl (C=O) groups is 2. The van der Waals surface area contributed by atoms with Crippen molar-refractivity contribution in [2.45, 2.75) is 13.8 Å². The second-order valence-electron chi connectivity index (χ2n) is 4.06. The van der Waals surface area contributed by atoms with Crippen molar-refractivity contribution in [3.63, 3.8) is 0 Å². The number of aryl methyl sites for hydroxylation is 2. The molecule has 0 saturated carbocycles. The fraction of sp³-hybridized carbons (Fsp3) is 0.143. The Kier molecular flexibility index (Phi) is 3.02. The van der Waals surface area contributed by atoms with Gasteiger partial charge in [-0.25, -0.2) is 4.79 Å². The van der Waals surface area contributed by atoms with E-state index < -0.39 is 5.97 Å². The molecule has 0 fully saturated rings. The zero-order chi connectivity index (χ0) is 13.3. The molecule has 0 bridgehead atoms. The highest BCUT2D eigenvalue weighted by molar-refractivity contribution is 6.09. The Hall–Kier alpha value is -2.36. The van der Waals surface area contributed by atoms with Gasteiger partial charge in [-0.05, 0) is 37.1 Å². The van der Waals surface area contributed by atoms with Crippen molar-refractivity contribution in [3.8, 4) is 0 Å². The van der Waals surface area contributed by atoms with Crippen LogP contribution in [-0.4, -0.2) is 16.9 Å². The fourth-order valence-electron chi connectivity index (χ4n) is 1.87. The summed E-state index contributed by atoms with van der Waals surface area (Å²) in [4.78, 5) is 22.9. The Morgan fingerprint density at radius 3 is 2.06 bits per heavy atom. The van der Waals surface area contributed by atoms with Gasteiger partial charge in [-0.1, -0.05) is 18.2 Å². The lowest BCUT2D eigenvalue weighted by Gasteiger charge is -2.06. The molecule has 0 aliphatic heterocycles. The van der Waals surface area contributed by atoms with Crippen molar-refractivity contribution in [1.29, 1.82) is 0 Å². The van der Waals surface area contributed by atoms with E-state index in [1.165, 1.54) is 12.1 Å². The van der Waals surface area contributed by atoms with Crippen LogP contribution in [-0.2, 0) is 0 Å². The van der Waals surface area contributed by atoms with E-state index in [1.54, 1.807) is 0 Å². The molecular weight excluding hydrogens is 232 g/mol. The number of carboxylic acid groups (broad SMARTS) is 1. The van der Waals surface area contributed by atoms with Crippen LogP contribution < -0.4 is 0 Å². The summed E-state index contributed by atoms with van der Waals surface area (Å²) >= 11 is 0. The van der Waals surface area contributed by atoms with Gasteiger partial charge in [0.25, 0.3) is 0 Å². The standard InChI is InChI=1S/C14H12O4/c1-8-4-3-5-9(2)12(8)13(15)10-6-7-11(18-10)14(16)17/h3-7H,1-2H3,(H,16,17). The molecule has 0 aliphatic rings. The van der Waals surface area contributed by atoms with Crippen LogP contribution >= 0.6 is 0 Å². The number of hydrogen-bond acceptors (Lipinski definition) is 3. The molecule has 0 radical (unpaired) electrons. The number of ketones is 1. The Labute approximate surface area is 104 Å². The number of benzene rings is 1. The molecule has 4 nitrogen and oxygen atoms in total. The highest BCUT2D eigenvalue weighted by Gasteiger charge is 2.19. The summed E-state index contributed by atoms with van der Waals surface area (Å²) in [5, 5.41) is 8.75. The highest BCUT2D eigenvalue weighted by atomic mass is 16.4. The SMILES string of the molecule is Cc1cccc(C)c1C(=O)c1ccc(C(=O)O)o1. The Morgan fingerprint density at radius 2 is 1.56 bits per heavy atom. The molecular formula is C14H12O4. The summed E-state index contributed by atoms with van der Waals surface area (Å²) in [7, 11) is 0. The lowest BCUT2D eigenvalue weighted by atomic mass is 9.98. The molecule has 1 heterocycles. The maximum atomic E-state index is 12.2. The molecule has 4 heteroatoms. The van der Waals surface area contributed by atoms with Gasteiger partial charge in [-0.2, -0.15) is 0 Å². The summed E-state index contributed by atoms with van der Waals surface area (Å²) in [6.45, 7) is 3.67. The van der Waals surface area contributed by atoms with Gasteiger partial charge in [0.15, 0.2) is 5.76 Å². The van der Waals surface area contributed by atoms with E-state index in [0.29, 0.717) is 5.56 Å². The quantitative estimate of drug-likeness (QED) is 0.843. The maximum absolute atomic E-state index is 12.2. The minimum Gasteiger partial charge on any atom is -0.475 e. The van der Waals surface area contributed by atoms with Gasteiger partial charge in [0.05, 0.1) is 0 Å². The number of rotatable bonds is 3. The second kappa shape index (κ2) is 4.49. The molecule has 0 saturated heterocycles. The average Bonchev–Trinajstić information content (AvgIpc) is 2.77. The molecule has 2 rings (SSSR count). The van der Waals surface area contributed by atoms with Crippen molar-refractivity contribution in [1.82, 2.24) is 0 Å². The van der Waals surface area contributed by atoms with Crippen LogP contribution in [0.5, 0.6) is 0 Å². The van der Waals surface area contributed by atoms with Crippen molar-refractivity contribution < 1.29 is 19.1 Å². The fourth-order valence-corrected chi connectivity index (χ4v) is 1.87. The summed E-state index contributed by atoms with van der Waals surface area (Å²) in [5.74, 6) is -1.66. The lowest BCUT2D eigenvalue weighted by molar-refractivity contribution is 0.0660.